The van der Waals surface area contributed by atoms with E-state index in [1.165, 1.54) is 0 Å². The molecule has 18 heavy (non-hydrogen) atoms. The van der Waals surface area contributed by atoms with Gasteiger partial charge in [-0.15, -0.1) is 0 Å². The van der Waals surface area contributed by atoms with Crippen molar-refractivity contribution >= 4 is 5.91 Å². The molecule has 0 aliphatic rings. The first-order chi connectivity index (χ1) is 8.56. The maximum atomic E-state index is 11.7. The van der Waals surface area contributed by atoms with Crippen LogP contribution in [0.25, 0.3) is 0 Å². The Hall–Kier alpha value is -1.55. The van der Waals surface area contributed by atoms with Crippen molar-refractivity contribution in [3.05, 3.63) is 29.8 Å². The molecule has 3 N–H and O–H groups in total. The SMILES string of the molecule is COc1cccc(CC(C)NC(=O)C(C)CN)c1. The van der Waals surface area contributed by atoms with Crippen LogP contribution in [0.1, 0.15) is 19.4 Å². The van der Waals surface area contributed by atoms with E-state index in [0.717, 1.165) is 17.7 Å². The molecule has 0 saturated heterocycles. The minimum Gasteiger partial charge on any atom is -0.497 e. The van der Waals surface area contributed by atoms with Crippen molar-refractivity contribution < 1.29 is 9.53 Å². The molecule has 1 aromatic rings. The number of hydrogen-bond acceptors (Lipinski definition) is 3. The van der Waals surface area contributed by atoms with Gasteiger partial charge >= 0.3 is 0 Å². The van der Waals surface area contributed by atoms with Crippen LogP contribution < -0.4 is 15.8 Å². The summed E-state index contributed by atoms with van der Waals surface area (Å²) < 4.78 is 5.17. The van der Waals surface area contributed by atoms with E-state index in [1.807, 2.05) is 38.1 Å². The lowest BCUT2D eigenvalue weighted by molar-refractivity contribution is -0.124. The molecule has 0 bridgehead atoms. The van der Waals surface area contributed by atoms with E-state index in [2.05, 4.69) is 5.32 Å². The minimum atomic E-state index is -0.141. The van der Waals surface area contributed by atoms with Gasteiger partial charge in [0.2, 0.25) is 5.91 Å². The number of nitrogens with one attached hydrogen (secondary N) is 1. The first-order valence-corrected chi connectivity index (χ1v) is 6.20. The van der Waals surface area contributed by atoms with Gasteiger partial charge in [0, 0.05) is 18.5 Å². The van der Waals surface area contributed by atoms with Crippen LogP contribution in [0.15, 0.2) is 24.3 Å². The van der Waals surface area contributed by atoms with Gasteiger partial charge in [-0.3, -0.25) is 4.79 Å². The molecule has 1 rings (SSSR count). The van der Waals surface area contributed by atoms with Gasteiger partial charge in [0.1, 0.15) is 5.75 Å². The zero-order valence-corrected chi connectivity index (χ0v) is 11.3. The quantitative estimate of drug-likeness (QED) is 0.800. The zero-order valence-electron chi connectivity index (χ0n) is 11.3. The molecule has 4 heteroatoms. The Labute approximate surface area is 109 Å². The maximum Gasteiger partial charge on any atom is 0.224 e. The molecule has 2 unspecified atom stereocenters. The van der Waals surface area contributed by atoms with Gasteiger partial charge in [-0.1, -0.05) is 19.1 Å². The number of nitrogens with two attached hydrogens (primary N) is 1. The summed E-state index contributed by atoms with van der Waals surface area (Å²) in [5.74, 6) is 0.701. The molecule has 0 aromatic heterocycles. The van der Waals surface area contributed by atoms with E-state index in [-0.39, 0.29) is 17.9 Å². The summed E-state index contributed by atoms with van der Waals surface area (Å²) in [5.41, 5.74) is 6.60. The van der Waals surface area contributed by atoms with Crippen LogP contribution in [0.5, 0.6) is 5.75 Å². The fourth-order valence-corrected chi connectivity index (χ4v) is 1.70. The molecule has 2 atom stereocenters. The van der Waals surface area contributed by atoms with Crippen LogP contribution in [0.4, 0.5) is 0 Å². The van der Waals surface area contributed by atoms with Crippen LogP contribution in [-0.2, 0) is 11.2 Å². The topological polar surface area (TPSA) is 64.3 Å². The van der Waals surface area contributed by atoms with Crippen molar-refractivity contribution in [1.29, 1.82) is 0 Å². The number of carbonyl (C=O) groups is 1. The summed E-state index contributed by atoms with van der Waals surface area (Å²) >= 11 is 0. The Balaban J connectivity index is 2.53. The van der Waals surface area contributed by atoms with Crippen molar-refractivity contribution in [2.45, 2.75) is 26.3 Å². The maximum absolute atomic E-state index is 11.7. The summed E-state index contributed by atoms with van der Waals surface area (Å²) in [6.45, 7) is 4.19. The molecule has 0 saturated carbocycles. The van der Waals surface area contributed by atoms with Crippen molar-refractivity contribution in [3.63, 3.8) is 0 Å². The van der Waals surface area contributed by atoms with E-state index >= 15 is 0 Å². The van der Waals surface area contributed by atoms with Crippen LogP contribution in [0, 0.1) is 5.92 Å². The summed E-state index contributed by atoms with van der Waals surface area (Å²) in [6.07, 6.45) is 0.778. The number of rotatable bonds is 6. The molecule has 0 heterocycles. The van der Waals surface area contributed by atoms with E-state index in [4.69, 9.17) is 10.5 Å². The highest BCUT2D eigenvalue weighted by Crippen LogP contribution is 2.14. The van der Waals surface area contributed by atoms with Crippen LogP contribution >= 0.6 is 0 Å². The van der Waals surface area contributed by atoms with E-state index in [9.17, 15) is 4.79 Å². The third-order valence-electron chi connectivity index (χ3n) is 2.87. The molecule has 0 spiro atoms. The Kier molecular flexibility index (Phi) is 5.65. The lowest BCUT2D eigenvalue weighted by atomic mass is 10.1. The highest BCUT2D eigenvalue weighted by molar-refractivity contribution is 5.78. The Morgan fingerprint density at radius 2 is 2.17 bits per heavy atom. The molecule has 1 amide bonds. The van der Waals surface area contributed by atoms with Crippen molar-refractivity contribution in [2.24, 2.45) is 11.7 Å². The molecule has 100 valence electrons. The first kappa shape index (κ1) is 14.5. The number of carbonyl (C=O) groups excluding carboxylic acids is 1. The summed E-state index contributed by atoms with van der Waals surface area (Å²) in [6, 6.07) is 7.94. The van der Waals surface area contributed by atoms with Crippen LogP contribution in [-0.4, -0.2) is 25.6 Å². The van der Waals surface area contributed by atoms with Gasteiger partial charge in [0.05, 0.1) is 7.11 Å². The number of methoxy groups -OCH3 is 1. The average Bonchev–Trinajstić information content (AvgIpc) is 2.37. The fourth-order valence-electron chi connectivity index (χ4n) is 1.70. The third kappa shape index (κ3) is 4.37. The lowest BCUT2D eigenvalue weighted by Crippen LogP contribution is -2.39. The number of benzene rings is 1. The van der Waals surface area contributed by atoms with Gasteiger partial charge < -0.3 is 15.8 Å². The Morgan fingerprint density at radius 1 is 1.44 bits per heavy atom. The van der Waals surface area contributed by atoms with Gasteiger partial charge in [0.15, 0.2) is 0 Å². The predicted molar refractivity (Wildman–Crippen MR) is 72.5 cm³/mol. The number of ether oxygens (including phenoxy) is 1. The molecule has 1 aromatic carbocycles. The molecule has 4 nitrogen and oxygen atoms in total. The predicted octanol–water partition coefficient (Wildman–Crippen LogP) is 1.34. The Bertz CT molecular complexity index is 393. The van der Waals surface area contributed by atoms with E-state index in [1.54, 1.807) is 7.11 Å². The molecule has 0 fully saturated rings. The van der Waals surface area contributed by atoms with E-state index in [0.29, 0.717) is 6.54 Å². The van der Waals surface area contributed by atoms with Crippen LogP contribution in [0.3, 0.4) is 0 Å². The van der Waals surface area contributed by atoms with Crippen LogP contribution in [0.2, 0.25) is 0 Å². The first-order valence-electron chi connectivity index (χ1n) is 6.20. The Morgan fingerprint density at radius 3 is 2.78 bits per heavy atom. The summed E-state index contributed by atoms with van der Waals surface area (Å²) in [7, 11) is 1.65. The fraction of sp³-hybridized carbons (Fsp3) is 0.500. The standard InChI is InChI=1S/C14H22N2O2/c1-10(9-15)14(17)16-11(2)7-12-5-4-6-13(8-12)18-3/h4-6,8,10-11H,7,9,15H2,1-3H3,(H,16,17). The second-order valence-electron chi connectivity index (χ2n) is 4.60. The smallest absolute Gasteiger partial charge is 0.224 e. The highest BCUT2D eigenvalue weighted by atomic mass is 16.5. The molecule has 0 aliphatic carbocycles. The minimum absolute atomic E-state index is 0.00731. The van der Waals surface area contributed by atoms with Crippen molar-refractivity contribution in [1.82, 2.24) is 5.32 Å². The van der Waals surface area contributed by atoms with E-state index < -0.39 is 0 Å². The summed E-state index contributed by atoms with van der Waals surface area (Å²) in [4.78, 5) is 11.7. The molecular weight excluding hydrogens is 228 g/mol. The molecule has 0 aliphatic heterocycles. The van der Waals surface area contributed by atoms with Crippen molar-refractivity contribution in [2.75, 3.05) is 13.7 Å². The third-order valence-corrected chi connectivity index (χ3v) is 2.87. The molecule has 0 radical (unpaired) electrons. The average molecular weight is 250 g/mol. The van der Waals surface area contributed by atoms with Gasteiger partial charge in [0.25, 0.3) is 0 Å². The largest absolute Gasteiger partial charge is 0.497 e. The molecular formula is C14H22N2O2. The summed E-state index contributed by atoms with van der Waals surface area (Å²) in [5, 5.41) is 2.96. The second-order valence-corrected chi connectivity index (χ2v) is 4.60. The van der Waals surface area contributed by atoms with Gasteiger partial charge in [-0.05, 0) is 31.0 Å². The normalized spacial score (nSPS) is 13.8. The number of amides is 1. The van der Waals surface area contributed by atoms with Gasteiger partial charge in [-0.2, -0.15) is 0 Å². The monoisotopic (exact) mass is 250 g/mol. The second kappa shape index (κ2) is 7.01. The van der Waals surface area contributed by atoms with Gasteiger partial charge in [-0.25, -0.2) is 0 Å². The zero-order chi connectivity index (χ0) is 13.5. The van der Waals surface area contributed by atoms with Crippen molar-refractivity contribution in [3.8, 4) is 5.75 Å². The lowest BCUT2D eigenvalue weighted by Gasteiger charge is -2.17. The highest BCUT2D eigenvalue weighted by Gasteiger charge is 2.13. The number of hydrogen-bond donors (Lipinski definition) is 2.